The van der Waals surface area contributed by atoms with Crippen molar-refractivity contribution in [3.63, 3.8) is 0 Å². The van der Waals surface area contributed by atoms with Crippen LogP contribution >= 0.6 is 11.5 Å². The third kappa shape index (κ3) is 2.15. The number of azide groups is 1. The quantitative estimate of drug-likeness (QED) is 0.424. The molecule has 2 aromatic rings. The Morgan fingerprint density at radius 3 is 2.93 bits per heavy atom. The average Bonchev–Trinajstić information content (AvgIpc) is 2.66. The van der Waals surface area contributed by atoms with Gasteiger partial charge in [0.15, 0.2) is 0 Å². The van der Waals surface area contributed by atoms with Crippen molar-refractivity contribution < 1.29 is 0 Å². The monoisotopic (exact) mass is 216 g/mol. The molecule has 0 atom stereocenters. The zero-order valence-electron chi connectivity index (χ0n) is 8.08. The lowest BCUT2D eigenvalue weighted by Crippen LogP contribution is -1.70. The Kier molecular flexibility index (Phi) is 2.67. The molecule has 15 heavy (non-hydrogen) atoms. The summed E-state index contributed by atoms with van der Waals surface area (Å²) in [5.41, 5.74) is 11.0. The zero-order chi connectivity index (χ0) is 10.7. The highest BCUT2D eigenvalue weighted by Gasteiger charge is 2.01. The Balaban J connectivity index is 2.44. The maximum absolute atomic E-state index is 8.33. The zero-order valence-corrected chi connectivity index (χ0v) is 8.90. The van der Waals surface area contributed by atoms with E-state index in [2.05, 4.69) is 14.4 Å². The molecule has 0 saturated heterocycles. The van der Waals surface area contributed by atoms with Crippen LogP contribution in [-0.4, -0.2) is 4.37 Å². The highest BCUT2D eigenvalue weighted by molar-refractivity contribution is 7.09. The summed E-state index contributed by atoms with van der Waals surface area (Å²) in [5, 5.41) is 3.56. The summed E-state index contributed by atoms with van der Waals surface area (Å²) in [7, 11) is 0. The van der Waals surface area contributed by atoms with E-state index in [1.165, 1.54) is 11.5 Å². The van der Waals surface area contributed by atoms with Gasteiger partial charge in [0.25, 0.3) is 0 Å². The number of hydrogen-bond acceptors (Lipinski definition) is 3. The van der Waals surface area contributed by atoms with Crippen molar-refractivity contribution in [1.29, 1.82) is 0 Å². The fraction of sp³-hybridized carbons (Fsp3) is 0.100. The normalized spacial score (nSPS) is 9.67. The molecule has 1 heterocycles. The van der Waals surface area contributed by atoms with Gasteiger partial charge in [-0.1, -0.05) is 23.3 Å². The summed E-state index contributed by atoms with van der Waals surface area (Å²) < 4.78 is 4.21. The topological polar surface area (TPSA) is 61.7 Å². The molecule has 0 radical (unpaired) electrons. The summed E-state index contributed by atoms with van der Waals surface area (Å²) in [5.74, 6) is 0. The predicted octanol–water partition coefficient (Wildman–Crippen LogP) is 4.06. The maximum Gasteiger partial charge on any atom is 0.0552 e. The van der Waals surface area contributed by atoms with Gasteiger partial charge in [-0.3, -0.25) is 0 Å². The second kappa shape index (κ2) is 4.13. The molecular weight excluding hydrogens is 208 g/mol. The first-order valence-electron chi connectivity index (χ1n) is 4.38. The van der Waals surface area contributed by atoms with Gasteiger partial charge in [-0.25, -0.2) is 0 Å². The van der Waals surface area contributed by atoms with Crippen LogP contribution in [0.25, 0.3) is 20.9 Å². The smallest absolute Gasteiger partial charge is 0.0552 e. The number of aryl methyl sites for hydroxylation is 1. The van der Waals surface area contributed by atoms with E-state index in [4.69, 9.17) is 5.53 Å². The molecule has 4 nitrogen and oxygen atoms in total. The first-order valence-corrected chi connectivity index (χ1v) is 5.16. The number of nitrogens with zero attached hydrogens (tertiary/aromatic N) is 4. The van der Waals surface area contributed by atoms with E-state index in [1.807, 2.05) is 31.2 Å². The van der Waals surface area contributed by atoms with Crippen molar-refractivity contribution in [3.8, 4) is 10.4 Å². The molecule has 2 rings (SSSR count). The standard InChI is InChI=1S/C10H8N4S/c1-7-5-10(15-13-7)8-3-2-4-9(6-8)12-14-11/h2-6H,1H3. The molecule has 0 spiro atoms. The van der Waals surface area contributed by atoms with Crippen LogP contribution in [0.5, 0.6) is 0 Å². The Morgan fingerprint density at radius 2 is 2.27 bits per heavy atom. The van der Waals surface area contributed by atoms with Gasteiger partial charge in [-0.15, -0.1) is 0 Å². The van der Waals surface area contributed by atoms with Crippen molar-refractivity contribution in [2.24, 2.45) is 5.11 Å². The van der Waals surface area contributed by atoms with Gasteiger partial charge >= 0.3 is 0 Å². The molecule has 0 aliphatic heterocycles. The molecule has 74 valence electrons. The second-order valence-electron chi connectivity index (χ2n) is 3.07. The van der Waals surface area contributed by atoms with E-state index in [0.29, 0.717) is 5.69 Å². The third-order valence-electron chi connectivity index (χ3n) is 1.92. The first-order chi connectivity index (χ1) is 7.29. The molecule has 0 saturated carbocycles. The van der Waals surface area contributed by atoms with Gasteiger partial charge < -0.3 is 0 Å². The highest BCUT2D eigenvalue weighted by Crippen LogP contribution is 2.27. The minimum Gasteiger partial charge on any atom is -0.197 e. The van der Waals surface area contributed by atoms with Crippen LogP contribution < -0.4 is 0 Å². The van der Waals surface area contributed by atoms with Crippen molar-refractivity contribution in [2.75, 3.05) is 0 Å². The third-order valence-corrected chi connectivity index (χ3v) is 2.85. The Hall–Kier alpha value is -1.84. The Bertz CT molecular complexity index is 526. The van der Waals surface area contributed by atoms with Crippen LogP contribution in [0.2, 0.25) is 0 Å². The number of benzene rings is 1. The van der Waals surface area contributed by atoms with E-state index in [-0.39, 0.29) is 0 Å². The molecule has 0 amide bonds. The largest absolute Gasteiger partial charge is 0.197 e. The van der Waals surface area contributed by atoms with E-state index < -0.39 is 0 Å². The van der Waals surface area contributed by atoms with Crippen LogP contribution in [0.15, 0.2) is 35.4 Å². The lowest BCUT2D eigenvalue weighted by molar-refractivity contribution is 1.35. The van der Waals surface area contributed by atoms with Crippen molar-refractivity contribution >= 4 is 17.2 Å². The second-order valence-corrected chi connectivity index (χ2v) is 3.88. The van der Waals surface area contributed by atoms with Crippen LogP contribution in [0, 0.1) is 6.92 Å². The molecule has 1 aromatic carbocycles. The minimum absolute atomic E-state index is 0.626. The highest BCUT2D eigenvalue weighted by atomic mass is 32.1. The summed E-state index contributed by atoms with van der Waals surface area (Å²) in [6.07, 6.45) is 0. The number of aromatic nitrogens is 1. The van der Waals surface area contributed by atoms with Gasteiger partial charge in [0.05, 0.1) is 10.6 Å². The number of hydrogen-bond donors (Lipinski definition) is 0. The fourth-order valence-electron chi connectivity index (χ4n) is 1.27. The van der Waals surface area contributed by atoms with Crippen LogP contribution in [0.4, 0.5) is 5.69 Å². The predicted molar refractivity (Wildman–Crippen MR) is 61.1 cm³/mol. The molecule has 0 aliphatic carbocycles. The van der Waals surface area contributed by atoms with E-state index in [0.717, 1.165) is 16.1 Å². The van der Waals surface area contributed by atoms with Gasteiger partial charge in [0, 0.05) is 10.6 Å². The van der Waals surface area contributed by atoms with Gasteiger partial charge in [0.2, 0.25) is 0 Å². The van der Waals surface area contributed by atoms with Gasteiger partial charge in [-0.2, -0.15) is 4.37 Å². The van der Waals surface area contributed by atoms with Crippen molar-refractivity contribution in [1.82, 2.24) is 4.37 Å². The van der Waals surface area contributed by atoms with Crippen LogP contribution in [-0.2, 0) is 0 Å². The maximum atomic E-state index is 8.33. The Labute approximate surface area is 91.0 Å². The van der Waals surface area contributed by atoms with Gasteiger partial charge in [0.1, 0.15) is 0 Å². The first kappa shape index (κ1) is 9.71. The van der Waals surface area contributed by atoms with Crippen LogP contribution in [0.3, 0.4) is 0 Å². The SMILES string of the molecule is Cc1cc(-c2cccc(N=[N+]=[N-])c2)sn1. The Morgan fingerprint density at radius 1 is 1.40 bits per heavy atom. The molecule has 0 bridgehead atoms. The average molecular weight is 216 g/mol. The van der Waals surface area contributed by atoms with Crippen molar-refractivity contribution in [3.05, 3.63) is 46.5 Å². The summed E-state index contributed by atoms with van der Waals surface area (Å²) in [6.45, 7) is 1.96. The fourth-order valence-corrected chi connectivity index (χ4v) is 2.02. The van der Waals surface area contributed by atoms with E-state index >= 15 is 0 Å². The lowest BCUT2D eigenvalue weighted by atomic mass is 10.1. The molecule has 0 N–H and O–H groups in total. The molecule has 0 aliphatic rings. The summed E-state index contributed by atoms with van der Waals surface area (Å²) in [4.78, 5) is 3.84. The van der Waals surface area contributed by atoms with E-state index in [9.17, 15) is 0 Å². The number of rotatable bonds is 2. The molecule has 5 heteroatoms. The molecule has 1 aromatic heterocycles. The molecule has 0 fully saturated rings. The van der Waals surface area contributed by atoms with Gasteiger partial charge in [-0.05, 0) is 41.7 Å². The van der Waals surface area contributed by atoms with Crippen molar-refractivity contribution in [2.45, 2.75) is 6.92 Å². The molecular formula is C10H8N4S. The van der Waals surface area contributed by atoms with Crippen LogP contribution in [0.1, 0.15) is 5.69 Å². The van der Waals surface area contributed by atoms with E-state index in [1.54, 1.807) is 6.07 Å². The molecule has 0 unspecified atom stereocenters. The lowest BCUT2D eigenvalue weighted by Gasteiger charge is -1.96. The minimum atomic E-state index is 0.626. The summed E-state index contributed by atoms with van der Waals surface area (Å²) >= 11 is 1.44. The summed E-state index contributed by atoms with van der Waals surface area (Å²) in [6, 6.07) is 9.49.